The third-order valence-corrected chi connectivity index (χ3v) is 2.73. The van der Waals surface area contributed by atoms with Crippen LogP contribution in [-0.2, 0) is 9.53 Å². The molecular formula is C13H16ClNO3. The van der Waals surface area contributed by atoms with Crippen LogP contribution in [0.2, 0.25) is 5.02 Å². The Bertz CT molecular complexity index is 434. The van der Waals surface area contributed by atoms with E-state index in [1.54, 1.807) is 38.1 Å². The van der Waals surface area contributed by atoms with Crippen LogP contribution < -0.4 is 0 Å². The molecule has 0 saturated carbocycles. The van der Waals surface area contributed by atoms with Crippen LogP contribution in [0, 0.1) is 0 Å². The molecule has 0 aromatic heterocycles. The summed E-state index contributed by atoms with van der Waals surface area (Å²) in [6.07, 6.45) is 0. The van der Waals surface area contributed by atoms with Gasteiger partial charge in [0.1, 0.15) is 6.54 Å². The lowest BCUT2D eigenvalue weighted by Crippen LogP contribution is -2.36. The molecular weight excluding hydrogens is 254 g/mol. The van der Waals surface area contributed by atoms with E-state index in [9.17, 15) is 9.59 Å². The number of benzene rings is 1. The van der Waals surface area contributed by atoms with Gasteiger partial charge in [-0.1, -0.05) is 23.7 Å². The van der Waals surface area contributed by atoms with Crippen molar-refractivity contribution < 1.29 is 14.3 Å². The Balaban J connectivity index is 2.80. The van der Waals surface area contributed by atoms with Crippen LogP contribution in [0.3, 0.4) is 0 Å². The first-order valence-corrected chi connectivity index (χ1v) is 6.17. The SMILES string of the molecule is CCOC(=O)CN(CC)C(=O)c1ccccc1Cl. The maximum Gasteiger partial charge on any atom is 0.325 e. The number of ether oxygens (including phenoxy) is 1. The first kappa shape index (κ1) is 14.5. The van der Waals surface area contributed by atoms with Gasteiger partial charge in [0.25, 0.3) is 5.91 Å². The van der Waals surface area contributed by atoms with E-state index in [1.165, 1.54) is 4.90 Å². The van der Waals surface area contributed by atoms with Gasteiger partial charge in [0.05, 0.1) is 17.2 Å². The van der Waals surface area contributed by atoms with Crippen molar-refractivity contribution in [1.82, 2.24) is 4.90 Å². The summed E-state index contributed by atoms with van der Waals surface area (Å²) in [6, 6.07) is 6.77. The van der Waals surface area contributed by atoms with Crippen molar-refractivity contribution in [1.29, 1.82) is 0 Å². The van der Waals surface area contributed by atoms with E-state index in [-0.39, 0.29) is 12.5 Å². The number of likely N-dealkylation sites (N-methyl/N-ethyl adjacent to an activating group) is 1. The maximum absolute atomic E-state index is 12.2. The third-order valence-electron chi connectivity index (χ3n) is 2.40. The standard InChI is InChI=1S/C13H16ClNO3/c1-3-15(9-12(16)18-4-2)13(17)10-7-5-6-8-11(10)14/h5-8H,3-4,9H2,1-2H3. The molecule has 0 N–H and O–H groups in total. The zero-order valence-electron chi connectivity index (χ0n) is 10.5. The van der Waals surface area contributed by atoms with Crippen molar-refractivity contribution >= 4 is 23.5 Å². The Kier molecular flexibility index (Phi) is 5.65. The van der Waals surface area contributed by atoms with Crippen molar-refractivity contribution in [2.75, 3.05) is 19.7 Å². The number of halogens is 1. The van der Waals surface area contributed by atoms with Crippen LogP contribution in [0.4, 0.5) is 0 Å². The molecule has 0 bridgehead atoms. The van der Waals surface area contributed by atoms with Gasteiger partial charge in [-0.15, -0.1) is 0 Å². The molecule has 0 fully saturated rings. The smallest absolute Gasteiger partial charge is 0.325 e. The van der Waals surface area contributed by atoms with Gasteiger partial charge >= 0.3 is 5.97 Å². The lowest BCUT2D eigenvalue weighted by molar-refractivity contribution is -0.143. The number of hydrogen-bond acceptors (Lipinski definition) is 3. The molecule has 4 nitrogen and oxygen atoms in total. The topological polar surface area (TPSA) is 46.6 Å². The summed E-state index contributed by atoms with van der Waals surface area (Å²) in [7, 11) is 0. The molecule has 1 aromatic carbocycles. The highest BCUT2D eigenvalue weighted by Gasteiger charge is 2.19. The molecule has 0 aliphatic carbocycles. The summed E-state index contributed by atoms with van der Waals surface area (Å²) >= 11 is 5.95. The van der Waals surface area contributed by atoms with E-state index < -0.39 is 5.97 Å². The molecule has 98 valence electrons. The minimum atomic E-state index is -0.417. The number of carbonyl (C=O) groups excluding carboxylic acids is 2. The van der Waals surface area contributed by atoms with E-state index in [4.69, 9.17) is 16.3 Å². The van der Waals surface area contributed by atoms with Gasteiger partial charge in [0.15, 0.2) is 0 Å². The lowest BCUT2D eigenvalue weighted by atomic mass is 10.2. The van der Waals surface area contributed by atoms with Gasteiger partial charge in [0.2, 0.25) is 0 Å². The second kappa shape index (κ2) is 7.01. The molecule has 1 amide bonds. The fraction of sp³-hybridized carbons (Fsp3) is 0.385. The molecule has 0 aliphatic heterocycles. The summed E-state index contributed by atoms with van der Waals surface area (Å²) in [4.78, 5) is 25.0. The van der Waals surface area contributed by atoms with Gasteiger partial charge < -0.3 is 9.64 Å². The fourth-order valence-corrected chi connectivity index (χ4v) is 1.71. The Morgan fingerprint density at radius 3 is 2.50 bits per heavy atom. The number of esters is 1. The van der Waals surface area contributed by atoms with Gasteiger partial charge in [0, 0.05) is 6.54 Å². The highest BCUT2D eigenvalue weighted by Crippen LogP contribution is 2.17. The van der Waals surface area contributed by atoms with Crippen molar-refractivity contribution in [2.24, 2.45) is 0 Å². The highest BCUT2D eigenvalue weighted by molar-refractivity contribution is 6.33. The highest BCUT2D eigenvalue weighted by atomic mass is 35.5. The first-order chi connectivity index (χ1) is 8.60. The van der Waals surface area contributed by atoms with Crippen LogP contribution in [0.5, 0.6) is 0 Å². The Labute approximate surface area is 111 Å². The van der Waals surface area contributed by atoms with E-state index >= 15 is 0 Å². The monoisotopic (exact) mass is 269 g/mol. The molecule has 0 atom stereocenters. The predicted octanol–water partition coefficient (Wildman–Crippen LogP) is 2.37. The fourth-order valence-electron chi connectivity index (χ4n) is 1.49. The van der Waals surface area contributed by atoms with E-state index in [0.717, 1.165) is 0 Å². The molecule has 0 aliphatic rings. The molecule has 0 spiro atoms. The number of rotatable bonds is 5. The summed E-state index contributed by atoms with van der Waals surface area (Å²) in [5.41, 5.74) is 0.394. The zero-order chi connectivity index (χ0) is 13.5. The predicted molar refractivity (Wildman–Crippen MR) is 69.7 cm³/mol. The Hall–Kier alpha value is -1.55. The van der Waals surface area contributed by atoms with Gasteiger partial charge in [-0.3, -0.25) is 9.59 Å². The van der Waals surface area contributed by atoms with Crippen LogP contribution >= 0.6 is 11.6 Å². The molecule has 18 heavy (non-hydrogen) atoms. The third kappa shape index (κ3) is 3.74. The Morgan fingerprint density at radius 1 is 1.28 bits per heavy atom. The molecule has 0 radical (unpaired) electrons. The minimum Gasteiger partial charge on any atom is -0.465 e. The largest absolute Gasteiger partial charge is 0.465 e. The summed E-state index contributed by atoms with van der Waals surface area (Å²) in [5.74, 6) is -0.684. The average molecular weight is 270 g/mol. The second-order valence-electron chi connectivity index (χ2n) is 3.60. The molecule has 5 heteroatoms. The lowest BCUT2D eigenvalue weighted by Gasteiger charge is -2.20. The normalized spacial score (nSPS) is 9.94. The van der Waals surface area contributed by atoms with Gasteiger partial charge in [-0.25, -0.2) is 0 Å². The molecule has 0 heterocycles. The maximum atomic E-state index is 12.2. The van der Waals surface area contributed by atoms with Crippen molar-refractivity contribution in [2.45, 2.75) is 13.8 Å². The zero-order valence-corrected chi connectivity index (χ0v) is 11.2. The first-order valence-electron chi connectivity index (χ1n) is 5.79. The molecule has 1 aromatic rings. The van der Waals surface area contributed by atoms with E-state index in [1.807, 2.05) is 0 Å². The average Bonchev–Trinajstić information content (AvgIpc) is 2.36. The van der Waals surface area contributed by atoms with Crippen LogP contribution in [-0.4, -0.2) is 36.5 Å². The summed E-state index contributed by atoms with van der Waals surface area (Å²) in [6.45, 7) is 4.19. The molecule has 0 unspecified atom stereocenters. The van der Waals surface area contributed by atoms with Gasteiger partial charge in [-0.05, 0) is 26.0 Å². The number of carbonyl (C=O) groups is 2. The minimum absolute atomic E-state index is 0.0611. The van der Waals surface area contributed by atoms with Crippen molar-refractivity contribution in [3.05, 3.63) is 34.9 Å². The summed E-state index contributed by atoms with van der Waals surface area (Å²) < 4.78 is 4.82. The number of amides is 1. The van der Waals surface area contributed by atoms with Crippen molar-refractivity contribution in [3.63, 3.8) is 0 Å². The van der Waals surface area contributed by atoms with Crippen LogP contribution in [0.1, 0.15) is 24.2 Å². The Morgan fingerprint density at radius 2 is 1.94 bits per heavy atom. The quantitative estimate of drug-likeness (QED) is 0.771. The van der Waals surface area contributed by atoms with E-state index in [2.05, 4.69) is 0 Å². The van der Waals surface area contributed by atoms with E-state index in [0.29, 0.717) is 23.7 Å². The van der Waals surface area contributed by atoms with Gasteiger partial charge in [-0.2, -0.15) is 0 Å². The van der Waals surface area contributed by atoms with Crippen LogP contribution in [0.25, 0.3) is 0 Å². The molecule has 1 rings (SSSR count). The van der Waals surface area contributed by atoms with Crippen LogP contribution in [0.15, 0.2) is 24.3 Å². The number of nitrogens with zero attached hydrogens (tertiary/aromatic N) is 1. The summed E-state index contributed by atoms with van der Waals surface area (Å²) in [5, 5.41) is 0.379. The number of hydrogen-bond donors (Lipinski definition) is 0. The molecule has 0 saturated heterocycles. The second-order valence-corrected chi connectivity index (χ2v) is 4.01. The van der Waals surface area contributed by atoms with Crippen molar-refractivity contribution in [3.8, 4) is 0 Å².